The minimum absolute atomic E-state index is 0.286. The molecule has 0 saturated carbocycles. The van der Waals surface area contributed by atoms with Crippen LogP contribution in [0.2, 0.25) is 0 Å². The highest BCUT2D eigenvalue weighted by atomic mass is 32.1. The topological polar surface area (TPSA) is 26.3 Å². The van der Waals surface area contributed by atoms with E-state index in [4.69, 9.17) is 4.74 Å². The van der Waals surface area contributed by atoms with Crippen molar-refractivity contribution in [3.8, 4) is 0 Å². The summed E-state index contributed by atoms with van der Waals surface area (Å²) in [6.07, 6.45) is 3.67. The molecule has 100 valence electrons. The summed E-state index contributed by atoms with van der Waals surface area (Å²) in [5.41, 5.74) is 3.96. The van der Waals surface area contributed by atoms with Gasteiger partial charge in [0.25, 0.3) is 0 Å². The van der Waals surface area contributed by atoms with Crippen LogP contribution < -0.4 is 0 Å². The Morgan fingerprint density at radius 3 is 2.70 bits per heavy atom. The van der Waals surface area contributed by atoms with E-state index in [0.717, 1.165) is 10.4 Å². The van der Waals surface area contributed by atoms with Gasteiger partial charge in [0.05, 0.1) is 5.57 Å². The molecule has 0 amide bonds. The van der Waals surface area contributed by atoms with Gasteiger partial charge in [-0.3, -0.25) is 0 Å². The maximum Gasteiger partial charge on any atom is 0.343 e. The van der Waals surface area contributed by atoms with E-state index in [1.54, 1.807) is 11.3 Å². The first kappa shape index (κ1) is 12.9. The number of carbonyl (C=O) groups is 1. The fourth-order valence-electron chi connectivity index (χ4n) is 2.05. The number of hydrogen-bond donors (Lipinski definition) is 0. The number of thiophene rings is 1. The van der Waals surface area contributed by atoms with Crippen molar-refractivity contribution in [2.45, 2.75) is 13.8 Å². The van der Waals surface area contributed by atoms with Crippen LogP contribution >= 0.6 is 11.3 Å². The van der Waals surface area contributed by atoms with Crippen LogP contribution in [0.1, 0.15) is 21.6 Å². The normalized spacial score (nSPS) is 16.4. The lowest BCUT2D eigenvalue weighted by molar-refractivity contribution is -0.130. The van der Waals surface area contributed by atoms with Crippen molar-refractivity contribution in [2.24, 2.45) is 0 Å². The van der Waals surface area contributed by atoms with Crippen molar-refractivity contribution >= 4 is 29.1 Å². The molecule has 0 fully saturated rings. The Labute approximate surface area is 122 Å². The van der Waals surface area contributed by atoms with Crippen molar-refractivity contribution in [3.05, 3.63) is 68.9 Å². The molecule has 0 bridgehead atoms. The van der Waals surface area contributed by atoms with Gasteiger partial charge in [0.15, 0.2) is 0 Å². The number of ether oxygens (including phenoxy) is 1. The van der Waals surface area contributed by atoms with Crippen LogP contribution in [0, 0.1) is 13.8 Å². The lowest BCUT2D eigenvalue weighted by Gasteiger charge is -2.05. The molecule has 2 aromatic rings. The van der Waals surface area contributed by atoms with E-state index in [1.165, 1.54) is 11.1 Å². The molecule has 2 heterocycles. The molecule has 1 aliphatic rings. The van der Waals surface area contributed by atoms with Crippen LogP contribution in [0.5, 0.6) is 0 Å². The van der Waals surface area contributed by atoms with E-state index in [1.807, 2.05) is 47.9 Å². The lowest BCUT2D eigenvalue weighted by Crippen LogP contribution is -1.97. The fourth-order valence-corrected chi connectivity index (χ4v) is 2.72. The molecule has 0 aliphatic carbocycles. The van der Waals surface area contributed by atoms with Crippen LogP contribution in [0.4, 0.5) is 0 Å². The maximum absolute atomic E-state index is 11.9. The number of benzene rings is 1. The Kier molecular flexibility index (Phi) is 3.28. The third-order valence-electron chi connectivity index (χ3n) is 3.36. The van der Waals surface area contributed by atoms with Gasteiger partial charge in [0, 0.05) is 10.4 Å². The van der Waals surface area contributed by atoms with Crippen molar-refractivity contribution in [1.29, 1.82) is 0 Å². The molecule has 2 nitrogen and oxygen atoms in total. The van der Waals surface area contributed by atoms with E-state index >= 15 is 0 Å². The first-order chi connectivity index (χ1) is 9.63. The van der Waals surface area contributed by atoms with Gasteiger partial charge in [-0.2, -0.15) is 0 Å². The molecule has 1 aromatic carbocycles. The molecule has 0 radical (unpaired) electrons. The highest BCUT2D eigenvalue weighted by Crippen LogP contribution is 2.29. The van der Waals surface area contributed by atoms with Gasteiger partial charge in [-0.25, -0.2) is 4.79 Å². The van der Waals surface area contributed by atoms with E-state index in [0.29, 0.717) is 11.3 Å². The molecule has 3 rings (SSSR count). The fraction of sp³-hybridized carbons (Fsp3) is 0.118. The van der Waals surface area contributed by atoms with Crippen molar-refractivity contribution in [1.82, 2.24) is 0 Å². The Morgan fingerprint density at radius 1 is 1.15 bits per heavy atom. The number of hydrogen-bond acceptors (Lipinski definition) is 3. The summed E-state index contributed by atoms with van der Waals surface area (Å²) < 4.78 is 5.36. The van der Waals surface area contributed by atoms with E-state index in [-0.39, 0.29) is 5.97 Å². The molecular weight excluding hydrogens is 268 g/mol. The summed E-state index contributed by atoms with van der Waals surface area (Å²) in [6, 6.07) is 10.0. The third kappa shape index (κ3) is 2.45. The molecule has 20 heavy (non-hydrogen) atoms. The molecule has 0 spiro atoms. The first-order valence-electron chi connectivity index (χ1n) is 6.40. The number of aryl methyl sites for hydroxylation is 2. The largest absolute Gasteiger partial charge is 0.422 e. The third-order valence-corrected chi connectivity index (χ3v) is 4.18. The average Bonchev–Trinajstić information content (AvgIpc) is 3.04. The quantitative estimate of drug-likeness (QED) is 0.605. The predicted octanol–water partition coefficient (Wildman–Crippen LogP) is 4.35. The highest BCUT2D eigenvalue weighted by Gasteiger charge is 2.22. The summed E-state index contributed by atoms with van der Waals surface area (Å²) in [5, 5.41) is 1.99. The summed E-state index contributed by atoms with van der Waals surface area (Å²) in [5.74, 6) is 0.340. The molecule has 1 aromatic heterocycles. The maximum atomic E-state index is 11.9. The van der Waals surface area contributed by atoms with Gasteiger partial charge >= 0.3 is 5.97 Å². The van der Waals surface area contributed by atoms with Crippen molar-refractivity contribution in [2.75, 3.05) is 0 Å². The van der Waals surface area contributed by atoms with Gasteiger partial charge in [-0.1, -0.05) is 18.2 Å². The Balaban J connectivity index is 1.96. The van der Waals surface area contributed by atoms with Crippen molar-refractivity contribution in [3.63, 3.8) is 0 Å². The number of rotatable bonds is 2. The number of cyclic esters (lactones) is 1. The van der Waals surface area contributed by atoms with Crippen LogP contribution in [0.15, 0.2) is 47.4 Å². The Morgan fingerprint density at radius 2 is 2.00 bits per heavy atom. The summed E-state index contributed by atoms with van der Waals surface area (Å²) in [6.45, 7) is 4.12. The monoisotopic (exact) mass is 282 g/mol. The SMILES string of the molecule is Cc1ccc(C2=C/C(=C\c3cccs3)C(=O)O2)cc1C. The minimum Gasteiger partial charge on any atom is -0.422 e. The molecule has 1 aliphatic heterocycles. The van der Waals surface area contributed by atoms with Crippen LogP contribution in [-0.2, 0) is 9.53 Å². The van der Waals surface area contributed by atoms with Gasteiger partial charge in [-0.15, -0.1) is 11.3 Å². The first-order valence-corrected chi connectivity index (χ1v) is 7.28. The Bertz CT molecular complexity index is 721. The average molecular weight is 282 g/mol. The zero-order valence-electron chi connectivity index (χ0n) is 11.3. The molecule has 0 atom stereocenters. The van der Waals surface area contributed by atoms with Crippen LogP contribution in [-0.4, -0.2) is 5.97 Å². The minimum atomic E-state index is -0.286. The van der Waals surface area contributed by atoms with Crippen molar-refractivity contribution < 1.29 is 9.53 Å². The van der Waals surface area contributed by atoms with Gasteiger partial charge in [-0.05, 0) is 54.6 Å². The van der Waals surface area contributed by atoms with Crippen LogP contribution in [0.25, 0.3) is 11.8 Å². The second-order valence-corrected chi connectivity index (χ2v) is 5.79. The second-order valence-electron chi connectivity index (χ2n) is 4.81. The zero-order chi connectivity index (χ0) is 14.1. The van der Waals surface area contributed by atoms with Gasteiger partial charge in [0.2, 0.25) is 0 Å². The summed E-state index contributed by atoms with van der Waals surface area (Å²) >= 11 is 1.60. The lowest BCUT2D eigenvalue weighted by atomic mass is 10.0. The predicted molar refractivity (Wildman–Crippen MR) is 82.3 cm³/mol. The summed E-state index contributed by atoms with van der Waals surface area (Å²) in [4.78, 5) is 12.9. The summed E-state index contributed by atoms with van der Waals surface area (Å²) in [7, 11) is 0. The smallest absolute Gasteiger partial charge is 0.343 e. The number of esters is 1. The van der Waals surface area contributed by atoms with Gasteiger partial charge in [0.1, 0.15) is 5.76 Å². The molecule has 0 saturated heterocycles. The molecule has 0 N–H and O–H groups in total. The second kappa shape index (κ2) is 5.10. The molecule has 0 unspecified atom stereocenters. The van der Waals surface area contributed by atoms with Gasteiger partial charge < -0.3 is 4.74 Å². The zero-order valence-corrected chi connectivity index (χ0v) is 12.2. The standard InChI is InChI=1S/C17H14O2S/c1-11-5-6-13(8-12(11)2)16-10-14(17(18)19-16)9-15-4-3-7-20-15/h3-10H,1-2H3/b14-9+. The highest BCUT2D eigenvalue weighted by molar-refractivity contribution is 7.10. The Hall–Kier alpha value is -2.13. The molecular formula is C17H14O2S. The van der Waals surface area contributed by atoms with E-state index in [9.17, 15) is 4.79 Å². The van der Waals surface area contributed by atoms with E-state index in [2.05, 4.69) is 13.8 Å². The van der Waals surface area contributed by atoms with Crippen LogP contribution in [0.3, 0.4) is 0 Å². The van der Waals surface area contributed by atoms with E-state index < -0.39 is 0 Å². The number of carbonyl (C=O) groups excluding carboxylic acids is 1. The molecule has 3 heteroatoms.